The first-order chi connectivity index (χ1) is 9.58. The minimum atomic E-state index is -0.974. The van der Waals surface area contributed by atoms with Crippen molar-refractivity contribution in [2.45, 2.75) is 33.0 Å². The van der Waals surface area contributed by atoms with E-state index in [9.17, 15) is 8.78 Å². The second kappa shape index (κ2) is 6.52. The normalized spacial score (nSPS) is 11.1. The Labute approximate surface area is 116 Å². The first kappa shape index (κ1) is 14.5. The van der Waals surface area contributed by atoms with Gasteiger partial charge in [0.2, 0.25) is 5.82 Å². The van der Waals surface area contributed by atoms with Crippen LogP contribution in [0.5, 0.6) is 5.75 Å². The molecule has 0 fully saturated rings. The summed E-state index contributed by atoms with van der Waals surface area (Å²) in [5, 5.41) is 3.22. The fourth-order valence-corrected chi connectivity index (χ4v) is 1.70. The minimum Gasteiger partial charge on any atom is -0.486 e. The number of rotatable bonds is 6. The molecule has 0 unspecified atom stereocenters. The third kappa shape index (κ3) is 3.57. The van der Waals surface area contributed by atoms with Gasteiger partial charge in [0.25, 0.3) is 0 Å². The smallest absolute Gasteiger partial charge is 0.200 e. The lowest BCUT2D eigenvalue weighted by Crippen LogP contribution is -2.22. The first-order valence-electron chi connectivity index (χ1n) is 6.43. The third-order valence-corrected chi connectivity index (χ3v) is 2.81. The van der Waals surface area contributed by atoms with Crippen molar-refractivity contribution in [3.63, 3.8) is 0 Å². The van der Waals surface area contributed by atoms with E-state index in [1.807, 2.05) is 13.8 Å². The second-order valence-electron chi connectivity index (χ2n) is 4.75. The van der Waals surface area contributed by atoms with Gasteiger partial charge in [-0.2, -0.15) is 4.39 Å². The number of hydrogen-bond donors (Lipinski definition) is 1. The van der Waals surface area contributed by atoms with Crippen LogP contribution < -0.4 is 10.1 Å². The van der Waals surface area contributed by atoms with Crippen molar-refractivity contribution in [1.82, 2.24) is 5.32 Å². The summed E-state index contributed by atoms with van der Waals surface area (Å²) in [6.45, 7) is 4.75. The molecule has 0 saturated heterocycles. The van der Waals surface area contributed by atoms with Crippen LogP contribution in [0.1, 0.15) is 25.2 Å². The molecule has 0 aliphatic carbocycles. The zero-order chi connectivity index (χ0) is 14.5. The van der Waals surface area contributed by atoms with Crippen molar-refractivity contribution >= 4 is 0 Å². The van der Waals surface area contributed by atoms with Crippen molar-refractivity contribution in [2.24, 2.45) is 0 Å². The maximum Gasteiger partial charge on any atom is 0.200 e. The molecule has 0 saturated carbocycles. The molecule has 5 heteroatoms. The van der Waals surface area contributed by atoms with Gasteiger partial charge in [0.1, 0.15) is 12.4 Å². The molecular weight excluding hydrogens is 264 g/mol. The maximum atomic E-state index is 13.4. The number of hydrogen-bond acceptors (Lipinski definition) is 3. The van der Waals surface area contributed by atoms with Gasteiger partial charge in [-0.25, -0.2) is 4.39 Å². The van der Waals surface area contributed by atoms with Gasteiger partial charge in [-0.1, -0.05) is 19.9 Å². The van der Waals surface area contributed by atoms with Gasteiger partial charge in [-0.05, 0) is 18.2 Å². The molecule has 108 valence electrons. The SMILES string of the molecule is CC(C)NCc1occc1COc1cccc(F)c1F. The van der Waals surface area contributed by atoms with Crippen LogP contribution in [0.4, 0.5) is 8.78 Å². The zero-order valence-corrected chi connectivity index (χ0v) is 11.5. The van der Waals surface area contributed by atoms with Crippen LogP contribution in [0.3, 0.4) is 0 Å². The topological polar surface area (TPSA) is 34.4 Å². The molecule has 0 atom stereocenters. The zero-order valence-electron chi connectivity index (χ0n) is 11.5. The summed E-state index contributed by atoms with van der Waals surface area (Å²) in [7, 11) is 0. The fraction of sp³-hybridized carbons (Fsp3) is 0.333. The van der Waals surface area contributed by atoms with Crippen molar-refractivity contribution < 1.29 is 17.9 Å². The van der Waals surface area contributed by atoms with E-state index in [0.29, 0.717) is 12.6 Å². The summed E-state index contributed by atoms with van der Waals surface area (Å²) in [4.78, 5) is 0. The molecule has 0 aliphatic rings. The van der Waals surface area contributed by atoms with Gasteiger partial charge in [0.05, 0.1) is 12.8 Å². The van der Waals surface area contributed by atoms with Crippen molar-refractivity contribution in [2.75, 3.05) is 0 Å². The Morgan fingerprint density at radius 3 is 2.80 bits per heavy atom. The van der Waals surface area contributed by atoms with Crippen LogP contribution >= 0.6 is 0 Å². The lowest BCUT2D eigenvalue weighted by atomic mass is 10.2. The van der Waals surface area contributed by atoms with E-state index in [2.05, 4.69) is 5.32 Å². The molecule has 0 aliphatic heterocycles. The number of ether oxygens (including phenoxy) is 1. The molecule has 0 spiro atoms. The van der Waals surface area contributed by atoms with Crippen molar-refractivity contribution in [3.8, 4) is 5.75 Å². The highest BCUT2D eigenvalue weighted by molar-refractivity contribution is 5.26. The average Bonchev–Trinajstić information content (AvgIpc) is 2.85. The summed E-state index contributed by atoms with van der Waals surface area (Å²) in [5.41, 5.74) is 0.807. The Morgan fingerprint density at radius 2 is 2.05 bits per heavy atom. The molecule has 1 heterocycles. The van der Waals surface area contributed by atoms with E-state index in [1.54, 1.807) is 12.3 Å². The Morgan fingerprint density at radius 1 is 1.25 bits per heavy atom. The van der Waals surface area contributed by atoms with E-state index in [1.165, 1.54) is 12.1 Å². The Bertz CT molecular complexity index is 567. The van der Waals surface area contributed by atoms with Gasteiger partial charge < -0.3 is 14.5 Å². The van der Waals surface area contributed by atoms with E-state index in [0.717, 1.165) is 17.4 Å². The highest BCUT2D eigenvalue weighted by atomic mass is 19.2. The van der Waals surface area contributed by atoms with Crippen LogP contribution in [-0.4, -0.2) is 6.04 Å². The second-order valence-corrected chi connectivity index (χ2v) is 4.75. The first-order valence-corrected chi connectivity index (χ1v) is 6.43. The van der Waals surface area contributed by atoms with Crippen LogP contribution in [0.15, 0.2) is 34.9 Å². The monoisotopic (exact) mass is 281 g/mol. The van der Waals surface area contributed by atoms with Crippen LogP contribution in [0.2, 0.25) is 0 Å². The Balaban J connectivity index is 2.00. The van der Waals surface area contributed by atoms with Crippen molar-refractivity contribution in [3.05, 3.63) is 53.5 Å². The number of benzene rings is 1. The van der Waals surface area contributed by atoms with Gasteiger partial charge in [0.15, 0.2) is 11.6 Å². The van der Waals surface area contributed by atoms with E-state index in [-0.39, 0.29) is 12.4 Å². The molecule has 2 rings (SSSR count). The summed E-state index contributed by atoms with van der Waals surface area (Å²) >= 11 is 0. The average molecular weight is 281 g/mol. The largest absolute Gasteiger partial charge is 0.486 e. The molecule has 3 nitrogen and oxygen atoms in total. The highest BCUT2D eigenvalue weighted by Crippen LogP contribution is 2.21. The van der Waals surface area contributed by atoms with Crippen LogP contribution in [0.25, 0.3) is 0 Å². The fourth-order valence-electron chi connectivity index (χ4n) is 1.70. The lowest BCUT2D eigenvalue weighted by Gasteiger charge is -2.09. The molecular formula is C15H17F2NO2. The van der Waals surface area contributed by atoms with Crippen LogP contribution in [-0.2, 0) is 13.2 Å². The molecule has 0 bridgehead atoms. The van der Waals surface area contributed by atoms with E-state index < -0.39 is 11.6 Å². The molecule has 20 heavy (non-hydrogen) atoms. The van der Waals surface area contributed by atoms with Gasteiger partial charge >= 0.3 is 0 Å². The molecule has 2 aromatic rings. The standard InChI is InChI=1S/C15H17F2NO2/c1-10(2)18-8-14-11(6-7-19-14)9-20-13-5-3-4-12(16)15(13)17/h3-7,10,18H,8-9H2,1-2H3. The molecule has 1 aromatic heterocycles. The molecule has 0 radical (unpaired) electrons. The van der Waals surface area contributed by atoms with Crippen LogP contribution in [0, 0.1) is 11.6 Å². The Hall–Kier alpha value is -1.88. The van der Waals surface area contributed by atoms with Gasteiger partial charge in [-0.3, -0.25) is 0 Å². The predicted molar refractivity (Wildman–Crippen MR) is 71.4 cm³/mol. The third-order valence-electron chi connectivity index (χ3n) is 2.81. The number of nitrogens with one attached hydrogen (secondary N) is 1. The number of halogens is 2. The van der Waals surface area contributed by atoms with Gasteiger partial charge in [0, 0.05) is 11.6 Å². The number of furan rings is 1. The van der Waals surface area contributed by atoms with E-state index in [4.69, 9.17) is 9.15 Å². The maximum absolute atomic E-state index is 13.4. The quantitative estimate of drug-likeness (QED) is 0.878. The summed E-state index contributed by atoms with van der Waals surface area (Å²) < 4.78 is 37.2. The van der Waals surface area contributed by atoms with E-state index >= 15 is 0 Å². The molecule has 0 amide bonds. The summed E-state index contributed by atoms with van der Waals surface area (Å²) in [6.07, 6.45) is 1.55. The molecule has 1 N–H and O–H groups in total. The highest BCUT2D eigenvalue weighted by Gasteiger charge is 2.11. The lowest BCUT2D eigenvalue weighted by molar-refractivity contribution is 0.280. The molecule has 1 aromatic carbocycles. The van der Waals surface area contributed by atoms with Gasteiger partial charge in [-0.15, -0.1) is 0 Å². The minimum absolute atomic E-state index is 0.103. The van der Waals surface area contributed by atoms with Crippen molar-refractivity contribution in [1.29, 1.82) is 0 Å². The summed E-state index contributed by atoms with van der Waals surface area (Å²) in [5.74, 6) is -1.27. The summed E-state index contributed by atoms with van der Waals surface area (Å²) in [6, 6.07) is 5.94. The predicted octanol–water partition coefficient (Wildman–Crippen LogP) is 3.63. The Kier molecular flexibility index (Phi) is 4.74.